The molecule has 2 aliphatic rings. The van der Waals surface area contributed by atoms with E-state index in [4.69, 9.17) is 15.6 Å². The molecule has 0 spiro atoms. The Hall–Kier alpha value is -1.92. The van der Waals surface area contributed by atoms with E-state index < -0.39 is 17.4 Å². The molecule has 1 amide bonds. The number of hydrogen-bond acceptors (Lipinski definition) is 4. The Kier molecular flexibility index (Phi) is 2.58. The number of amides is 1. The van der Waals surface area contributed by atoms with Crippen LogP contribution in [0.3, 0.4) is 0 Å². The minimum Gasteiger partial charge on any atom is -0.480 e. The number of aliphatic carboxylic acids is 1. The van der Waals surface area contributed by atoms with Crippen molar-refractivity contribution in [3.8, 4) is 0 Å². The highest BCUT2D eigenvalue weighted by atomic mass is 16.5. The van der Waals surface area contributed by atoms with Gasteiger partial charge in [0.15, 0.2) is 0 Å². The number of carbonyl (C=O) groups excluding carboxylic acids is 1. The monoisotopic (exact) mass is 262 g/mol. The molecule has 19 heavy (non-hydrogen) atoms. The molecule has 100 valence electrons. The first-order valence-corrected chi connectivity index (χ1v) is 6.02. The molecule has 0 bridgehead atoms. The summed E-state index contributed by atoms with van der Waals surface area (Å²) in [6, 6.07) is 4.46. The summed E-state index contributed by atoms with van der Waals surface area (Å²) in [5.74, 6) is -1.09. The largest absolute Gasteiger partial charge is 0.480 e. The van der Waals surface area contributed by atoms with E-state index in [2.05, 4.69) is 5.32 Å². The van der Waals surface area contributed by atoms with Crippen LogP contribution < -0.4 is 11.1 Å². The average Bonchev–Trinajstić information content (AvgIpc) is 2.66. The predicted octanol–water partition coefficient (Wildman–Crippen LogP) is -0.139. The molecule has 2 heterocycles. The first-order valence-electron chi connectivity index (χ1n) is 6.02. The number of carboxylic acid groups (broad SMARTS) is 1. The van der Waals surface area contributed by atoms with Crippen molar-refractivity contribution in [2.24, 2.45) is 5.73 Å². The first kappa shape index (κ1) is 12.1. The molecule has 1 aromatic carbocycles. The average molecular weight is 262 g/mol. The molecule has 1 fully saturated rings. The lowest BCUT2D eigenvalue weighted by atomic mass is 9.72. The number of fused-ring (bicyclic) bond motifs is 1. The molecule has 1 atom stereocenters. The lowest BCUT2D eigenvalue weighted by Gasteiger charge is -2.44. The van der Waals surface area contributed by atoms with Crippen molar-refractivity contribution in [1.29, 1.82) is 0 Å². The lowest BCUT2D eigenvalue weighted by Crippen LogP contribution is -2.61. The van der Waals surface area contributed by atoms with E-state index in [-0.39, 0.29) is 5.91 Å². The molecule has 4 N–H and O–H groups in total. The summed E-state index contributed by atoms with van der Waals surface area (Å²) >= 11 is 0. The zero-order valence-electron chi connectivity index (χ0n) is 10.2. The Balaban J connectivity index is 1.99. The van der Waals surface area contributed by atoms with Crippen LogP contribution in [-0.4, -0.2) is 36.2 Å². The Morgan fingerprint density at radius 2 is 2.21 bits per heavy atom. The molecule has 0 aromatic heterocycles. The molecule has 6 heteroatoms. The highest BCUT2D eigenvalue weighted by Crippen LogP contribution is 2.37. The Labute approximate surface area is 109 Å². The third-order valence-electron chi connectivity index (χ3n) is 3.89. The number of nitrogens with one attached hydrogen (secondary N) is 1. The maximum absolute atomic E-state index is 11.3. The number of nitrogens with two attached hydrogens (primary N) is 1. The number of benzene rings is 1. The number of hydrogen-bond donors (Lipinski definition) is 3. The van der Waals surface area contributed by atoms with Gasteiger partial charge >= 0.3 is 5.97 Å². The molecular weight excluding hydrogens is 248 g/mol. The molecule has 1 saturated heterocycles. The van der Waals surface area contributed by atoms with E-state index in [1.54, 1.807) is 6.07 Å². The molecule has 3 rings (SSSR count). The van der Waals surface area contributed by atoms with Crippen LogP contribution in [-0.2, 0) is 26.2 Å². The maximum atomic E-state index is 11.3. The van der Waals surface area contributed by atoms with Gasteiger partial charge in [-0.1, -0.05) is 12.1 Å². The van der Waals surface area contributed by atoms with E-state index in [9.17, 15) is 9.59 Å². The van der Waals surface area contributed by atoms with Crippen LogP contribution in [0.4, 0.5) is 5.69 Å². The smallest absolute Gasteiger partial charge is 0.321 e. The van der Waals surface area contributed by atoms with Gasteiger partial charge < -0.3 is 20.9 Å². The van der Waals surface area contributed by atoms with Gasteiger partial charge in [0.25, 0.3) is 0 Å². The number of carboxylic acids is 1. The number of rotatable bonds is 3. The summed E-state index contributed by atoms with van der Waals surface area (Å²) in [5, 5.41) is 11.9. The topological polar surface area (TPSA) is 102 Å². The second kappa shape index (κ2) is 4.04. The summed E-state index contributed by atoms with van der Waals surface area (Å²) in [5.41, 5.74) is 7.60. The van der Waals surface area contributed by atoms with Crippen molar-refractivity contribution in [3.63, 3.8) is 0 Å². The molecule has 6 nitrogen and oxygen atoms in total. The van der Waals surface area contributed by atoms with Gasteiger partial charge in [0.05, 0.1) is 25.0 Å². The van der Waals surface area contributed by atoms with Crippen molar-refractivity contribution in [3.05, 3.63) is 29.3 Å². The van der Waals surface area contributed by atoms with Gasteiger partial charge in [-0.25, -0.2) is 0 Å². The van der Waals surface area contributed by atoms with Gasteiger partial charge in [-0.2, -0.15) is 0 Å². The second-order valence-electron chi connectivity index (χ2n) is 5.06. The predicted molar refractivity (Wildman–Crippen MR) is 66.9 cm³/mol. The van der Waals surface area contributed by atoms with Crippen LogP contribution in [0.2, 0.25) is 0 Å². The normalized spacial score (nSPS) is 21.2. The summed E-state index contributed by atoms with van der Waals surface area (Å²) in [7, 11) is 0. The summed E-state index contributed by atoms with van der Waals surface area (Å²) in [4.78, 5) is 22.5. The Morgan fingerprint density at radius 1 is 1.47 bits per heavy atom. The molecule has 0 saturated carbocycles. The summed E-state index contributed by atoms with van der Waals surface area (Å²) in [6.45, 7) is 0.585. The molecule has 1 aromatic rings. The first-order chi connectivity index (χ1) is 9.03. The second-order valence-corrected chi connectivity index (χ2v) is 5.06. The molecule has 0 radical (unpaired) electrons. The van der Waals surface area contributed by atoms with Gasteiger partial charge in [-0.15, -0.1) is 0 Å². The van der Waals surface area contributed by atoms with Crippen LogP contribution in [0.15, 0.2) is 18.2 Å². The van der Waals surface area contributed by atoms with E-state index in [1.165, 1.54) is 0 Å². The molecule has 2 aliphatic heterocycles. The van der Waals surface area contributed by atoms with Crippen LogP contribution in [0.1, 0.15) is 11.1 Å². The van der Waals surface area contributed by atoms with Gasteiger partial charge in [0, 0.05) is 5.69 Å². The van der Waals surface area contributed by atoms with Crippen LogP contribution in [0.5, 0.6) is 0 Å². The SMILES string of the molecule is NC(C(=O)O)C1(c2ccc3c(c2)CC(=O)N3)COC1. The summed E-state index contributed by atoms with van der Waals surface area (Å²) < 4.78 is 5.18. The van der Waals surface area contributed by atoms with Gasteiger partial charge in [-0.05, 0) is 17.2 Å². The van der Waals surface area contributed by atoms with Crippen molar-refractivity contribution in [2.75, 3.05) is 18.5 Å². The number of carbonyl (C=O) groups is 2. The van der Waals surface area contributed by atoms with E-state index in [0.29, 0.717) is 19.6 Å². The highest BCUT2D eigenvalue weighted by molar-refractivity contribution is 5.99. The van der Waals surface area contributed by atoms with Crippen molar-refractivity contribution in [1.82, 2.24) is 0 Å². The van der Waals surface area contributed by atoms with Crippen molar-refractivity contribution < 1.29 is 19.4 Å². The minimum atomic E-state index is -1.04. The lowest BCUT2D eigenvalue weighted by molar-refractivity contribution is -0.148. The zero-order valence-corrected chi connectivity index (χ0v) is 10.2. The van der Waals surface area contributed by atoms with E-state index in [0.717, 1.165) is 16.8 Å². The standard InChI is InChI=1S/C13H14N2O4/c14-11(12(17)18)13(5-19-6-13)8-1-2-9-7(3-8)4-10(16)15-9/h1-3,11H,4-6,14H2,(H,15,16)(H,17,18). The molecular formula is C13H14N2O4. The van der Waals surface area contributed by atoms with E-state index >= 15 is 0 Å². The fourth-order valence-corrected chi connectivity index (χ4v) is 2.62. The quantitative estimate of drug-likeness (QED) is 0.703. The van der Waals surface area contributed by atoms with Gasteiger partial charge in [0.1, 0.15) is 6.04 Å². The number of ether oxygens (including phenoxy) is 1. The van der Waals surface area contributed by atoms with Crippen LogP contribution in [0.25, 0.3) is 0 Å². The minimum absolute atomic E-state index is 0.0476. The van der Waals surface area contributed by atoms with Crippen LogP contribution in [0, 0.1) is 0 Å². The zero-order chi connectivity index (χ0) is 13.6. The molecule has 0 aliphatic carbocycles. The third-order valence-corrected chi connectivity index (χ3v) is 3.89. The van der Waals surface area contributed by atoms with Crippen molar-refractivity contribution in [2.45, 2.75) is 17.9 Å². The highest BCUT2D eigenvalue weighted by Gasteiger charge is 2.49. The maximum Gasteiger partial charge on any atom is 0.321 e. The fourth-order valence-electron chi connectivity index (χ4n) is 2.62. The Morgan fingerprint density at radius 3 is 2.79 bits per heavy atom. The Bertz CT molecular complexity index is 566. The van der Waals surface area contributed by atoms with Gasteiger partial charge in [-0.3, -0.25) is 9.59 Å². The molecule has 1 unspecified atom stereocenters. The van der Waals surface area contributed by atoms with E-state index in [1.807, 2.05) is 12.1 Å². The third kappa shape index (κ3) is 1.72. The number of anilines is 1. The van der Waals surface area contributed by atoms with Crippen LogP contribution >= 0.6 is 0 Å². The fraction of sp³-hybridized carbons (Fsp3) is 0.385. The summed E-state index contributed by atoms with van der Waals surface area (Å²) in [6.07, 6.45) is 0.322. The van der Waals surface area contributed by atoms with Crippen molar-refractivity contribution >= 4 is 17.6 Å². The van der Waals surface area contributed by atoms with Gasteiger partial charge in [0.2, 0.25) is 5.91 Å².